The number of fused-ring (bicyclic) bond motifs is 1. The fourth-order valence-corrected chi connectivity index (χ4v) is 3.22. The van der Waals surface area contributed by atoms with Crippen LogP contribution in [0.2, 0.25) is 0 Å². The minimum absolute atomic E-state index is 0.255. The van der Waals surface area contributed by atoms with Crippen molar-refractivity contribution in [2.75, 3.05) is 0 Å². The van der Waals surface area contributed by atoms with Crippen molar-refractivity contribution in [2.24, 2.45) is 0 Å². The summed E-state index contributed by atoms with van der Waals surface area (Å²) < 4.78 is 1.81. The molecule has 6 nitrogen and oxygen atoms in total. The number of phenolic OH excluding ortho intramolecular Hbond substituents is 1. The fraction of sp³-hybridized carbons (Fsp3) is 0.444. The molecule has 0 saturated heterocycles. The number of nitrogens with one attached hydrogen (secondary N) is 1. The molecule has 0 unspecified atom stereocenters. The van der Waals surface area contributed by atoms with Crippen LogP contribution in [0.5, 0.6) is 5.75 Å². The van der Waals surface area contributed by atoms with Crippen LogP contribution >= 0.6 is 0 Å². The van der Waals surface area contributed by atoms with Crippen molar-refractivity contribution in [3.8, 4) is 5.75 Å². The molecule has 0 aliphatic carbocycles. The van der Waals surface area contributed by atoms with Crippen LogP contribution < -0.4 is 5.32 Å². The van der Waals surface area contributed by atoms with E-state index >= 15 is 0 Å². The summed E-state index contributed by atoms with van der Waals surface area (Å²) in [5, 5.41) is 27.0. The molecule has 6 heteroatoms. The smallest absolute Gasteiger partial charge is 0.339 e. The van der Waals surface area contributed by atoms with Crippen LogP contribution in [0.15, 0.2) is 18.2 Å². The summed E-state index contributed by atoms with van der Waals surface area (Å²) in [5.41, 5.74) is 3.82. The number of carboxylic acid groups (broad SMARTS) is 1. The van der Waals surface area contributed by atoms with Crippen molar-refractivity contribution < 1.29 is 15.0 Å². The Morgan fingerprint density at radius 1 is 1.33 bits per heavy atom. The van der Waals surface area contributed by atoms with Gasteiger partial charge in [0.05, 0.1) is 11.4 Å². The Labute approximate surface area is 141 Å². The molecule has 128 valence electrons. The van der Waals surface area contributed by atoms with E-state index in [-0.39, 0.29) is 5.75 Å². The minimum atomic E-state index is -0.908. The second-order valence-electron chi connectivity index (χ2n) is 6.59. The highest BCUT2D eigenvalue weighted by atomic mass is 16.4. The number of nitrogens with zero attached hydrogens (tertiary/aromatic N) is 2. The topological polar surface area (TPSA) is 87.4 Å². The van der Waals surface area contributed by atoms with Gasteiger partial charge in [0.15, 0.2) is 0 Å². The van der Waals surface area contributed by atoms with E-state index in [1.165, 1.54) is 0 Å². The number of aryl methyl sites for hydroxylation is 1. The van der Waals surface area contributed by atoms with Gasteiger partial charge in [-0.2, -0.15) is 5.10 Å². The van der Waals surface area contributed by atoms with Gasteiger partial charge in [-0.3, -0.25) is 4.68 Å². The van der Waals surface area contributed by atoms with Gasteiger partial charge in [0.25, 0.3) is 0 Å². The number of rotatable bonds is 6. The Bertz CT molecular complexity index is 765. The van der Waals surface area contributed by atoms with E-state index in [9.17, 15) is 15.0 Å². The molecule has 2 aromatic rings. The SMILES string of the molecule is CC(C)c1cc(O)cc(CNCc2nn3c(c2C(=O)O)CCC3)c1. The zero-order chi connectivity index (χ0) is 17.3. The molecule has 0 radical (unpaired) electrons. The quantitative estimate of drug-likeness (QED) is 0.758. The van der Waals surface area contributed by atoms with Crippen molar-refractivity contribution in [3.05, 3.63) is 46.3 Å². The number of carbonyl (C=O) groups is 1. The molecule has 1 aliphatic rings. The van der Waals surface area contributed by atoms with Crippen molar-refractivity contribution in [2.45, 2.75) is 52.2 Å². The maximum atomic E-state index is 11.5. The van der Waals surface area contributed by atoms with Crippen LogP contribution in [0.25, 0.3) is 0 Å². The lowest BCUT2D eigenvalue weighted by molar-refractivity contribution is 0.0694. The molecule has 1 aliphatic heterocycles. The Morgan fingerprint density at radius 3 is 2.83 bits per heavy atom. The fourth-order valence-electron chi connectivity index (χ4n) is 3.22. The number of benzene rings is 1. The van der Waals surface area contributed by atoms with Gasteiger partial charge in [0.2, 0.25) is 0 Å². The summed E-state index contributed by atoms with van der Waals surface area (Å²) in [6.07, 6.45) is 1.73. The van der Waals surface area contributed by atoms with E-state index in [0.717, 1.165) is 36.2 Å². The summed E-state index contributed by atoms with van der Waals surface area (Å²) in [5.74, 6) is -0.315. The van der Waals surface area contributed by atoms with Crippen LogP contribution in [-0.4, -0.2) is 26.0 Å². The lowest BCUT2D eigenvalue weighted by atomic mass is 10.0. The summed E-state index contributed by atoms with van der Waals surface area (Å²) >= 11 is 0. The van der Waals surface area contributed by atoms with Crippen LogP contribution in [0.4, 0.5) is 0 Å². The molecule has 0 bridgehead atoms. The van der Waals surface area contributed by atoms with Crippen LogP contribution in [0.3, 0.4) is 0 Å². The monoisotopic (exact) mass is 329 g/mol. The highest BCUT2D eigenvalue weighted by molar-refractivity contribution is 5.90. The third-order valence-electron chi connectivity index (χ3n) is 4.42. The number of hydrogen-bond acceptors (Lipinski definition) is 4. The standard InChI is InChI=1S/C18H23N3O3/c1-11(2)13-6-12(7-14(22)8-13)9-19-10-15-17(18(23)24)16-4-3-5-21(16)20-15/h6-8,11,19,22H,3-5,9-10H2,1-2H3,(H,23,24). The predicted molar refractivity (Wildman–Crippen MR) is 90.2 cm³/mol. The van der Waals surface area contributed by atoms with E-state index in [2.05, 4.69) is 30.3 Å². The molecule has 0 spiro atoms. The summed E-state index contributed by atoms with van der Waals surface area (Å²) in [4.78, 5) is 11.5. The Hall–Kier alpha value is -2.34. The van der Waals surface area contributed by atoms with Gasteiger partial charge < -0.3 is 15.5 Å². The number of aromatic carboxylic acids is 1. The van der Waals surface area contributed by atoms with Crippen molar-refractivity contribution >= 4 is 5.97 Å². The van der Waals surface area contributed by atoms with Gasteiger partial charge in [-0.25, -0.2) is 4.79 Å². The first-order valence-corrected chi connectivity index (χ1v) is 8.31. The molecule has 1 aromatic heterocycles. The first kappa shape index (κ1) is 16.5. The maximum Gasteiger partial charge on any atom is 0.339 e. The lowest BCUT2D eigenvalue weighted by Gasteiger charge is -2.10. The molecule has 1 aromatic carbocycles. The van der Waals surface area contributed by atoms with Gasteiger partial charge in [-0.05, 0) is 42.0 Å². The zero-order valence-corrected chi connectivity index (χ0v) is 14.0. The average Bonchev–Trinajstić information content (AvgIpc) is 3.06. The summed E-state index contributed by atoms with van der Waals surface area (Å²) in [6.45, 7) is 5.90. The molecule has 0 amide bonds. The van der Waals surface area contributed by atoms with Gasteiger partial charge >= 0.3 is 5.97 Å². The van der Waals surface area contributed by atoms with Gasteiger partial charge in [0, 0.05) is 19.6 Å². The molecule has 0 fully saturated rings. The van der Waals surface area contributed by atoms with Crippen LogP contribution in [0.1, 0.15) is 59.1 Å². The number of aromatic nitrogens is 2. The Morgan fingerprint density at radius 2 is 2.12 bits per heavy atom. The largest absolute Gasteiger partial charge is 0.508 e. The van der Waals surface area contributed by atoms with Crippen molar-refractivity contribution in [1.29, 1.82) is 0 Å². The van der Waals surface area contributed by atoms with Gasteiger partial charge in [-0.1, -0.05) is 19.9 Å². The Balaban J connectivity index is 1.70. The molecular weight excluding hydrogens is 306 g/mol. The second-order valence-corrected chi connectivity index (χ2v) is 6.59. The molecule has 0 saturated carbocycles. The normalized spacial score (nSPS) is 13.5. The number of aromatic hydroxyl groups is 1. The minimum Gasteiger partial charge on any atom is -0.508 e. The van der Waals surface area contributed by atoms with Crippen molar-refractivity contribution in [3.63, 3.8) is 0 Å². The van der Waals surface area contributed by atoms with Gasteiger partial charge in [-0.15, -0.1) is 0 Å². The van der Waals surface area contributed by atoms with Crippen molar-refractivity contribution in [1.82, 2.24) is 15.1 Å². The predicted octanol–water partition coefficient (Wildman–Crippen LogP) is 2.65. The summed E-state index contributed by atoms with van der Waals surface area (Å²) in [7, 11) is 0. The van der Waals surface area contributed by atoms with E-state index in [0.29, 0.717) is 30.3 Å². The summed E-state index contributed by atoms with van der Waals surface area (Å²) in [6, 6.07) is 5.56. The van der Waals surface area contributed by atoms with E-state index in [1.807, 2.05) is 4.68 Å². The molecular formula is C18H23N3O3. The van der Waals surface area contributed by atoms with Gasteiger partial charge in [0.1, 0.15) is 11.3 Å². The maximum absolute atomic E-state index is 11.5. The third-order valence-corrected chi connectivity index (χ3v) is 4.42. The number of hydrogen-bond donors (Lipinski definition) is 3. The lowest BCUT2D eigenvalue weighted by Crippen LogP contribution is -2.16. The van der Waals surface area contributed by atoms with E-state index < -0.39 is 5.97 Å². The first-order valence-electron chi connectivity index (χ1n) is 8.31. The van der Waals surface area contributed by atoms with E-state index in [4.69, 9.17) is 0 Å². The van der Waals surface area contributed by atoms with Crippen LogP contribution in [0, 0.1) is 0 Å². The highest BCUT2D eigenvalue weighted by Gasteiger charge is 2.25. The van der Waals surface area contributed by atoms with Crippen LogP contribution in [-0.2, 0) is 26.1 Å². The molecule has 3 N–H and O–H groups in total. The third kappa shape index (κ3) is 3.28. The molecule has 24 heavy (non-hydrogen) atoms. The molecule has 0 atom stereocenters. The van der Waals surface area contributed by atoms with E-state index in [1.54, 1.807) is 12.1 Å². The zero-order valence-electron chi connectivity index (χ0n) is 14.0. The number of carboxylic acids is 1. The average molecular weight is 329 g/mol. The second kappa shape index (κ2) is 6.65. The first-order chi connectivity index (χ1) is 11.5. The molecule has 2 heterocycles. The number of phenols is 1. The highest BCUT2D eigenvalue weighted by Crippen LogP contribution is 2.24. The Kier molecular flexibility index (Phi) is 4.57. The molecule has 3 rings (SSSR count).